The maximum Gasteiger partial charge on any atom is 0.303 e. The number of hydrogen-bond acceptors (Lipinski definition) is 3. The van der Waals surface area contributed by atoms with E-state index in [9.17, 15) is 9.59 Å². The van der Waals surface area contributed by atoms with Gasteiger partial charge in [0.05, 0.1) is 0 Å². The molecule has 0 aliphatic rings. The molecular formula is C13H17ClN2O3. The Bertz CT molecular complexity index is 463. The normalized spacial score (nSPS) is 10.2. The number of carboxylic acid groups (broad SMARTS) is 1. The monoisotopic (exact) mass is 284 g/mol. The number of halogens is 1. The molecule has 1 aromatic rings. The van der Waals surface area contributed by atoms with E-state index in [2.05, 4.69) is 10.3 Å². The van der Waals surface area contributed by atoms with Gasteiger partial charge in [0.2, 0.25) is 0 Å². The van der Waals surface area contributed by atoms with Crippen LogP contribution in [0.1, 0.15) is 42.2 Å². The van der Waals surface area contributed by atoms with Crippen molar-refractivity contribution in [2.45, 2.75) is 32.6 Å². The number of nitrogens with zero attached hydrogens (tertiary/aromatic N) is 1. The molecule has 0 saturated carbocycles. The van der Waals surface area contributed by atoms with Crippen LogP contribution in [0.15, 0.2) is 12.1 Å². The molecule has 0 aromatic carbocycles. The first-order chi connectivity index (χ1) is 9.02. The zero-order chi connectivity index (χ0) is 14.3. The highest BCUT2D eigenvalue weighted by Crippen LogP contribution is 2.11. The van der Waals surface area contributed by atoms with Crippen molar-refractivity contribution in [3.63, 3.8) is 0 Å². The van der Waals surface area contributed by atoms with Gasteiger partial charge in [-0.1, -0.05) is 18.5 Å². The first-order valence-electron chi connectivity index (χ1n) is 6.19. The topological polar surface area (TPSA) is 79.3 Å². The molecule has 0 fully saturated rings. The van der Waals surface area contributed by atoms with Gasteiger partial charge < -0.3 is 10.4 Å². The highest BCUT2D eigenvalue weighted by molar-refractivity contribution is 6.29. The van der Waals surface area contributed by atoms with Crippen molar-refractivity contribution < 1.29 is 14.7 Å². The van der Waals surface area contributed by atoms with Gasteiger partial charge in [-0.3, -0.25) is 9.59 Å². The maximum absolute atomic E-state index is 11.8. The van der Waals surface area contributed by atoms with Crippen LogP contribution in [-0.2, 0) is 11.2 Å². The van der Waals surface area contributed by atoms with Crippen LogP contribution in [0, 0.1) is 0 Å². The van der Waals surface area contributed by atoms with Crippen molar-refractivity contribution in [2.24, 2.45) is 0 Å². The summed E-state index contributed by atoms with van der Waals surface area (Å²) in [6, 6.07) is 3.23. The summed E-state index contributed by atoms with van der Waals surface area (Å²) in [5.41, 5.74) is 1.25. The summed E-state index contributed by atoms with van der Waals surface area (Å²) in [7, 11) is 0. The van der Waals surface area contributed by atoms with E-state index in [1.165, 1.54) is 6.07 Å². The zero-order valence-electron chi connectivity index (χ0n) is 10.8. The lowest BCUT2D eigenvalue weighted by Crippen LogP contribution is -2.24. The Hall–Kier alpha value is -1.62. The van der Waals surface area contributed by atoms with Crippen molar-refractivity contribution in [1.82, 2.24) is 10.3 Å². The second-order valence-electron chi connectivity index (χ2n) is 4.13. The Labute approximate surface area is 117 Å². The molecule has 1 amide bonds. The summed E-state index contributed by atoms with van der Waals surface area (Å²) in [5, 5.41) is 11.5. The van der Waals surface area contributed by atoms with Gasteiger partial charge in [0, 0.05) is 24.2 Å². The van der Waals surface area contributed by atoms with Crippen molar-refractivity contribution in [2.75, 3.05) is 6.54 Å². The molecule has 1 aromatic heterocycles. The highest BCUT2D eigenvalue weighted by Gasteiger charge is 2.08. The van der Waals surface area contributed by atoms with Crippen LogP contribution < -0.4 is 5.32 Å². The average Bonchev–Trinajstić information content (AvgIpc) is 2.36. The fraction of sp³-hybridized carbons (Fsp3) is 0.462. The Morgan fingerprint density at radius 1 is 1.37 bits per heavy atom. The van der Waals surface area contributed by atoms with Crippen LogP contribution in [-0.4, -0.2) is 28.5 Å². The number of aromatic nitrogens is 1. The number of aliphatic carboxylic acids is 1. The molecule has 0 bridgehead atoms. The average molecular weight is 285 g/mol. The number of aryl methyl sites for hydroxylation is 1. The van der Waals surface area contributed by atoms with E-state index in [0.29, 0.717) is 36.5 Å². The molecule has 104 valence electrons. The minimum atomic E-state index is -0.820. The van der Waals surface area contributed by atoms with Crippen molar-refractivity contribution in [1.29, 1.82) is 0 Å². The van der Waals surface area contributed by atoms with Crippen LogP contribution in [0.3, 0.4) is 0 Å². The van der Waals surface area contributed by atoms with Crippen molar-refractivity contribution in [3.8, 4) is 0 Å². The molecule has 0 spiro atoms. The van der Waals surface area contributed by atoms with Crippen molar-refractivity contribution in [3.05, 3.63) is 28.5 Å². The van der Waals surface area contributed by atoms with E-state index in [4.69, 9.17) is 16.7 Å². The molecule has 5 nitrogen and oxygen atoms in total. The molecule has 0 unspecified atom stereocenters. The first-order valence-corrected chi connectivity index (χ1v) is 6.57. The molecule has 0 aliphatic carbocycles. The number of nitrogens with one attached hydrogen (secondary N) is 1. The van der Waals surface area contributed by atoms with Crippen LogP contribution in [0.25, 0.3) is 0 Å². The summed E-state index contributed by atoms with van der Waals surface area (Å²) in [4.78, 5) is 26.2. The number of amides is 1. The smallest absolute Gasteiger partial charge is 0.303 e. The van der Waals surface area contributed by atoms with Crippen molar-refractivity contribution >= 4 is 23.5 Å². The number of hydrogen-bond donors (Lipinski definition) is 2. The van der Waals surface area contributed by atoms with Crippen LogP contribution in [0.4, 0.5) is 0 Å². The lowest BCUT2D eigenvalue weighted by atomic mass is 10.2. The van der Waals surface area contributed by atoms with Gasteiger partial charge in [-0.25, -0.2) is 4.98 Å². The summed E-state index contributed by atoms with van der Waals surface area (Å²) >= 11 is 5.84. The Balaban J connectivity index is 2.45. The summed E-state index contributed by atoms with van der Waals surface area (Å²) in [5.74, 6) is -1.03. The van der Waals surface area contributed by atoms with Crippen LogP contribution in [0.2, 0.25) is 5.15 Å². The number of pyridine rings is 1. The lowest BCUT2D eigenvalue weighted by Gasteiger charge is -2.06. The molecule has 0 saturated heterocycles. The second kappa shape index (κ2) is 7.74. The number of rotatable bonds is 7. The fourth-order valence-electron chi connectivity index (χ4n) is 1.57. The lowest BCUT2D eigenvalue weighted by molar-refractivity contribution is -0.137. The van der Waals surface area contributed by atoms with Gasteiger partial charge in [0.1, 0.15) is 5.15 Å². The van der Waals surface area contributed by atoms with Gasteiger partial charge in [0.15, 0.2) is 0 Å². The third-order valence-corrected chi connectivity index (χ3v) is 2.77. The van der Waals surface area contributed by atoms with Gasteiger partial charge in [-0.15, -0.1) is 0 Å². The van der Waals surface area contributed by atoms with E-state index in [-0.39, 0.29) is 12.3 Å². The number of carboxylic acids is 1. The van der Waals surface area contributed by atoms with Gasteiger partial charge in [-0.05, 0) is 31.4 Å². The standard InChI is InChI=1S/C13H17ClN2O3/c1-2-10-7-9(8-11(14)16-10)13(19)15-6-4-3-5-12(17)18/h7-8H,2-6H2,1H3,(H,15,19)(H,17,18). The second-order valence-corrected chi connectivity index (χ2v) is 4.52. The fourth-order valence-corrected chi connectivity index (χ4v) is 1.79. The van der Waals surface area contributed by atoms with E-state index in [1.807, 2.05) is 6.92 Å². The molecular weight excluding hydrogens is 268 g/mol. The molecule has 0 radical (unpaired) electrons. The Morgan fingerprint density at radius 3 is 2.74 bits per heavy atom. The van der Waals surface area contributed by atoms with Gasteiger partial charge in [-0.2, -0.15) is 0 Å². The minimum Gasteiger partial charge on any atom is -0.481 e. The van der Waals surface area contributed by atoms with E-state index >= 15 is 0 Å². The largest absolute Gasteiger partial charge is 0.481 e. The van der Waals surface area contributed by atoms with Gasteiger partial charge in [0.25, 0.3) is 5.91 Å². The third kappa shape index (κ3) is 5.70. The SMILES string of the molecule is CCc1cc(C(=O)NCCCCC(=O)O)cc(Cl)n1. The summed E-state index contributed by atoms with van der Waals surface area (Å²) in [6.07, 6.45) is 2.01. The predicted molar refractivity (Wildman–Crippen MR) is 72.4 cm³/mol. The minimum absolute atomic E-state index is 0.122. The quantitative estimate of drug-likeness (QED) is 0.595. The highest BCUT2D eigenvalue weighted by atomic mass is 35.5. The molecule has 0 aliphatic heterocycles. The number of carbonyl (C=O) groups is 2. The molecule has 1 rings (SSSR count). The zero-order valence-corrected chi connectivity index (χ0v) is 11.5. The third-order valence-electron chi connectivity index (χ3n) is 2.57. The van der Waals surface area contributed by atoms with E-state index in [0.717, 1.165) is 5.69 Å². The number of carbonyl (C=O) groups excluding carboxylic acids is 1. The summed E-state index contributed by atoms with van der Waals surface area (Å²) < 4.78 is 0. The number of unbranched alkanes of at least 4 members (excludes halogenated alkanes) is 1. The first kappa shape index (κ1) is 15.4. The molecule has 1 heterocycles. The molecule has 0 atom stereocenters. The Morgan fingerprint density at radius 2 is 2.11 bits per heavy atom. The molecule has 19 heavy (non-hydrogen) atoms. The van der Waals surface area contributed by atoms with E-state index in [1.54, 1.807) is 6.07 Å². The van der Waals surface area contributed by atoms with Crippen LogP contribution >= 0.6 is 11.6 Å². The van der Waals surface area contributed by atoms with Crippen LogP contribution in [0.5, 0.6) is 0 Å². The van der Waals surface area contributed by atoms with Gasteiger partial charge >= 0.3 is 5.97 Å². The summed E-state index contributed by atoms with van der Waals surface area (Å²) in [6.45, 7) is 2.39. The molecule has 6 heteroatoms. The Kier molecular flexibility index (Phi) is 6.29. The maximum atomic E-state index is 11.8. The molecule has 2 N–H and O–H groups in total. The predicted octanol–water partition coefficient (Wildman–Crippen LogP) is 2.28. The van der Waals surface area contributed by atoms with E-state index < -0.39 is 5.97 Å².